The number of halogens is 2. The van der Waals surface area contributed by atoms with Crippen molar-refractivity contribution in [2.45, 2.75) is 6.92 Å². The molecule has 0 atom stereocenters. The number of amides is 1. The highest BCUT2D eigenvalue weighted by atomic mass is 35.5. The average Bonchev–Trinajstić information content (AvgIpc) is 3.09. The lowest BCUT2D eigenvalue weighted by molar-refractivity contribution is 0.102. The zero-order chi connectivity index (χ0) is 19.0. The third-order valence-electron chi connectivity index (χ3n) is 4.19. The zero-order valence-corrected chi connectivity index (χ0v) is 16.6. The SMILES string of the molecule is Cc1cc(-c2nc3ccccc3s2)ccc1NC(=O)c1cc(Cl)ccc1Cl. The summed E-state index contributed by atoms with van der Waals surface area (Å²) in [6, 6.07) is 18.7. The molecule has 134 valence electrons. The quantitative estimate of drug-likeness (QED) is 0.400. The van der Waals surface area contributed by atoms with Gasteiger partial charge < -0.3 is 5.32 Å². The van der Waals surface area contributed by atoms with E-state index < -0.39 is 0 Å². The molecule has 0 saturated heterocycles. The second-order valence-corrected chi connectivity index (χ2v) is 7.97. The lowest BCUT2D eigenvalue weighted by atomic mass is 10.1. The molecule has 0 fully saturated rings. The summed E-state index contributed by atoms with van der Waals surface area (Å²) in [7, 11) is 0. The van der Waals surface area contributed by atoms with Crippen LogP contribution in [0.2, 0.25) is 10.0 Å². The van der Waals surface area contributed by atoms with Crippen molar-refractivity contribution in [1.82, 2.24) is 4.98 Å². The lowest BCUT2D eigenvalue weighted by Crippen LogP contribution is -2.13. The number of thiazole rings is 1. The van der Waals surface area contributed by atoms with E-state index in [1.54, 1.807) is 29.5 Å². The van der Waals surface area contributed by atoms with E-state index in [-0.39, 0.29) is 5.91 Å². The number of rotatable bonds is 3. The van der Waals surface area contributed by atoms with E-state index in [2.05, 4.69) is 16.4 Å². The van der Waals surface area contributed by atoms with Gasteiger partial charge in [0.05, 0.1) is 20.8 Å². The van der Waals surface area contributed by atoms with E-state index in [4.69, 9.17) is 23.2 Å². The Morgan fingerprint density at radius 3 is 2.63 bits per heavy atom. The number of para-hydroxylation sites is 1. The van der Waals surface area contributed by atoms with E-state index in [1.165, 1.54) is 0 Å². The van der Waals surface area contributed by atoms with Gasteiger partial charge in [0.15, 0.2) is 0 Å². The second-order valence-electron chi connectivity index (χ2n) is 6.09. The van der Waals surface area contributed by atoms with E-state index in [0.29, 0.717) is 15.6 Å². The molecule has 1 N–H and O–H groups in total. The minimum absolute atomic E-state index is 0.293. The number of hydrogen-bond donors (Lipinski definition) is 1. The van der Waals surface area contributed by atoms with Gasteiger partial charge in [-0.1, -0.05) is 35.3 Å². The molecule has 4 aromatic rings. The number of nitrogens with one attached hydrogen (secondary N) is 1. The van der Waals surface area contributed by atoms with Gasteiger partial charge in [-0.25, -0.2) is 4.98 Å². The maximum atomic E-state index is 12.5. The monoisotopic (exact) mass is 412 g/mol. The van der Waals surface area contributed by atoms with Crippen molar-refractivity contribution >= 4 is 56.3 Å². The van der Waals surface area contributed by atoms with Crippen molar-refractivity contribution in [2.24, 2.45) is 0 Å². The Balaban J connectivity index is 1.62. The molecule has 1 heterocycles. The highest BCUT2D eigenvalue weighted by Crippen LogP contribution is 2.32. The molecule has 0 radical (unpaired) electrons. The van der Waals surface area contributed by atoms with Crippen molar-refractivity contribution in [3.8, 4) is 10.6 Å². The van der Waals surface area contributed by atoms with Gasteiger partial charge in [0.1, 0.15) is 5.01 Å². The summed E-state index contributed by atoms with van der Waals surface area (Å²) in [5, 5.41) is 4.68. The van der Waals surface area contributed by atoms with Crippen LogP contribution >= 0.6 is 34.5 Å². The van der Waals surface area contributed by atoms with E-state index in [1.807, 2.05) is 43.3 Å². The molecule has 0 aliphatic heterocycles. The Morgan fingerprint density at radius 1 is 1.04 bits per heavy atom. The molecule has 1 aromatic heterocycles. The summed E-state index contributed by atoms with van der Waals surface area (Å²) in [5.74, 6) is -0.293. The normalized spacial score (nSPS) is 10.9. The highest BCUT2D eigenvalue weighted by Gasteiger charge is 2.13. The van der Waals surface area contributed by atoms with Crippen molar-refractivity contribution in [1.29, 1.82) is 0 Å². The standard InChI is InChI=1S/C21H14Cl2N2OS/c1-12-10-13(21-25-18-4-2-3-5-19(18)27-21)6-9-17(12)24-20(26)15-11-14(22)7-8-16(15)23/h2-11H,1H3,(H,24,26). The third-order valence-corrected chi connectivity index (χ3v) is 5.84. The molecule has 0 aliphatic carbocycles. The molecular formula is C21H14Cl2N2OS. The third kappa shape index (κ3) is 3.69. The van der Waals surface area contributed by atoms with Crippen LogP contribution < -0.4 is 5.32 Å². The Morgan fingerprint density at radius 2 is 1.85 bits per heavy atom. The fraction of sp³-hybridized carbons (Fsp3) is 0.0476. The summed E-state index contributed by atoms with van der Waals surface area (Å²) < 4.78 is 1.15. The van der Waals surface area contributed by atoms with Crippen LogP contribution in [-0.2, 0) is 0 Å². The molecule has 3 aromatic carbocycles. The van der Waals surface area contributed by atoms with Gasteiger partial charge in [-0.3, -0.25) is 4.79 Å². The van der Waals surface area contributed by atoms with Crippen LogP contribution in [0.25, 0.3) is 20.8 Å². The summed E-state index contributed by atoms with van der Waals surface area (Å²) in [6.45, 7) is 1.95. The van der Waals surface area contributed by atoms with Crippen LogP contribution in [0.4, 0.5) is 5.69 Å². The molecular weight excluding hydrogens is 399 g/mol. The molecule has 0 aliphatic rings. The maximum Gasteiger partial charge on any atom is 0.257 e. The number of benzene rings is 3. The van der Waals surface area contributed by atoms with Crippen LogP contribution in [0.15, 0.2) is 60.7 Å². The predicted molar refractivity (Wildman–Crippen MR) is 114 cm³/mol. The first-order valence-corrected chi connectivity index (χ1v) is 9.81. The van der Waals surface area contributed by atoms with Gasteiger partial charge in [-0.15, -0.1) is 11.3 Å². The van der Waals surface area contributed by atoms with Gasteiger partial charge in [0.2, 0.25) is 0 Å². The summed E-state index contributed by atoms with van der Waals surface area (Å²) in [6.07, 6.45) is 0. The van der Waals surface area contributed by atoms with E-state index >= 15 is 0 Å². The van der Waals surface area contributed by atoms with Crippen LogP contribution in [0.1, 0.15) is 15.9 Å². The lowest BCUT2D eigenvalue weighted by Gasteiger charge is -2.11. The molecule has 0 unspecified atom stereocenters. The number of carbonyl (C=O) groups excluding carboxylic acids is 1. The minimum Gasteiger partial charge on any atom is -0.322 e. The fourth-order valence-corrected chi connectivity index (χ4v) is 4.13. The first-order chi connectivity index (χ1) is 13.0. The summed E-state index contributed by atoms with van der Waals surface area (Å²) in [4.78, 5) is 17.2. The van der Waals surface area contributed by atoms with Gasteiger partial charge in [0, 0.05) is 16.3 Å². The van der Waals surface area contributed by atoms with Gasteiger partial charge in [0.25, 0.3) is 5.91 Å². The van der Waals surface area contributed by atoms with E-state index in [0.717, 1.165) is 32.0 Å². The Labute approximate surface area is 170 Å². The van der Waals surface area contributed by atoms with Crippen molar-refractivity contribution in [3.05, 3.63) is 81.8 Å². The molecule has 1 amide bonds. The molecule has 4 rings (SSSR count). The van der Waals surface area contributed by atoms with Gasteiger partial charge >= 0.3 is 0 Å². The molecule has 6 heteroatoms. The number of hydrogen-bond acceptors (Lipinski definition) is 3. The Kier molecular flexibility index (Phi) is 4.87. The number of carbonyl (C=O) groups is 1. The second kappa shape index (κ2) is 7.31. The van der Waals surface area contributed by atoms with Crippen molar-refractivity contribution < 1.29 is 4.79 Å². The van der Waals surface area contributed by atoms with Gasteiger partial charge in [-0.2, -0.15) is 0 Å². The van der Waals surface area contributed by atoms with Crippen molar-refractivity contribution in [3.63, 3.8) is 0 Å². The fourth-order valence-electron chi connectivity index (χ4n) is 2.79. The number of nitrogens with zero attached hydrogens (tertiary/aromatic N) is 1. The van der Waals surface area contributed by atoms with Crippen LogP contribution in [0, 0.1) is 6.92 Å². The summed E-state index contributed by atoms with van der Waals surface area (Å²) >= 11 is 13.7. The smallest absolute Gasteiger partial charge is 0.257 e. The van der Waals surface area contributed by atoms with Crippen LogP contribution in [0.3, 0.4) is 0 Å². The molecule has 0 spiro atoms. The number of anilines is 1. The Bertz CT molecular complexity index is 1140. The van der Waals surface area contributed by atoms with Crippen LogP contribution in [-0.4, -0.2) is 10.9 Å². The zero-order valence-electron chi connectivity index (χ0n) is 14.3. The number of aromatic nitrogens is 1. The molecule has 3 nitrogen and oxygen atoms in total. The number of fused-ring (bicyclic) bond motifs is 1. The van der Waals surface area contributed by atoms with Gasteiger partial charge in [-0.05, 0) is 61.0 Å². The highest BCUT2D eigenvalue weighted by molar-refractivity contribution is 7.21. The summed E-state index contributed by atoms with van der Waals surface area (Å²) in [5.41, 5.74) is 4.02. The van der Waals surface area contributed by atoms with Crippen molar-refractivity contribution in [2.75, 3.05) is 5.32 Å². The first kappa shape index (κ1) is 18.0. The van der Waals surface area contributed by atoms with Crippen LogP contribution in [0.5, 0.6) is 0 Å². The topological polar surface area (TPSA) is 42.0 Å². The average molecular weight is 413 g/mol. The molecule has 0 bridgehead atoms. The first-order valence-electron chi connectivity index (χ1n) is 8.24. The number of aryl methyl sites for hydroxylation is 1. The molecule has 0 saturated carbocycles. The largest absolute Gasteiger partial charge is 0.322 e. The minimum atomic E-state index is -0.293. The predicted octanol–water partition coefficient (Wildman–Crippen LogP) is 6.83. The Hall–Kier alpha value is -2.40. The molecule has 27 heavy (non-hydrogen) atoms. The van der Waals surface area contributed by atoms with E-state index in [9.17, 15) is 4.79 Å². The maximum absolute atomic E-state index is 12.5.